The number of hydrogen-bond acceptors (Lipinski definition) is 0. The molecule has 0 saturated carbocycles. The van der Waals surface area contributed by atoms with Crippen molar-refractivity contribution in [2.24, 2.45) is 0 Å². The van der Waals surface area contributed by atoms with Gasteiger partial charge in [0.15, 0.2) is 0 Å². The van der Waals surface area contributed by atoms with Crippen molar-refractivity contribution in [2.75, 3.05) is 20.6 Å². The molecule has 17 heavy (non-hydrogen) atoms. The molecule has 0 amide bonds. The second-order valence-electron chi connectivity index (χ2n) is 5.56. The van der Waals surface area contributed by atoms with Gasteiger partial charge in [-0.25, -0.2) is 0 Å². The average molecular weight is 234 g/mol. The molecule has 1 aromatic carbocycles. The van der Waals surface area contributed by atoms with Crippen molar-refractivity contribution in [2.45, 2.75) is 38.3 Å². The third kappa shape index (κ3) is 3.55. The molecule has 2 rings (SSSR count). The molecule has 3 N–H and O–H groups in total. The third-order valence-corrected chi connectivity index (χ3v) is 3.67. The smallest absolute Gasteiger partial charge is 0.112 e. The zero-order valence-corrected chi connectivity index (χ0v) is 11.2. The van der Waals surface area contributed by atoms with Crippen molar-refractivity contribution in [3.8, 4) is 0 Å². The minimum atomic E-state index is 0.702. The lowest BCUT2D eigenvalue weighted by Crippen LogP contribution is -3.04. The highest BCUT2D eigenvalue weighted by Crippen LogP contribution is 2.21. The molecule has 1 atom stereocenters. The van der Waals surface area contributed by atoms with Crippen LogP contribution >= 0.6 is 0 Å². The maximum Gasteiger partial charge on any atom is 0.112 e. The summed E-state index contributed by atoms with van der Waals surface area (Å²) in [4.78, 5) is 1.51. The lowest BCUT2D eigenvalue weighted by molar-refractivity contribution is -0.872. The van der Waals surface area contributed by atoms with Crippen LogP contribution in [0, 0.1) is 0 Å². The number of hydrogen-bond donors (Lipinski definition) is 2. The number of nitrogens with two attached hydrogens (primary N) is 1. The minimum absolute atomic E-state index is 0.702. The molecule has 94 valence electrons. The molecule has 0 radical (unpaired) electrons. The van der Waals surface area contributed by atoms with E-state index in [1.807, 2.05) is 0 Å². The second kappa shape index (κ2) is 6.18. The number of rotatable bonds is 3. The summed E-state index contributed by atoms with van der Waals surface area (Å²) < 4.78 is 0. The van der Waals surface area contributed by atoms with Crippen molar-refractivity contribution < 1.29 is 10.2 Å². The molecule has 0 spiro atoms. The summed E-state index contributed by atoms with van der Waals surface area (Å²) >= 11 is 0. The molecule has 0 bridgehead atoms. The van der Waals surface area contributed by atoms with Gasteiger partial charge >= 0.3 is 0 Å². The molecule has 2 heteroatoms. The zero-order chi connectivity index (χ0) is 12.1. The first-order valence-electron chi connectivity index (χ1n) is 6.97. The fourth-order valence-electron chi connectivity index (χ4n) is 2.84. The van der Waals surface area contributed by atoms with Gasteiger partial charge in [-0.15, -0.1) is 0 Å². The van der Waals surface area contributed by atoms with E-state index in [9.17, 15) is 0 Å². The van der Waals surface area contributed by atoms with Gasteiger partial charge in [0.05, 0.1) is 20.6 Å². The molecule has 0 aromatic heterocycles. The van der Waals surface area contributed by atoms with Crippen LogP contribution in [0.3, 0.4) is 0 Å². The summed E-state index contributed by atoms with van der Waals surface area (Å²) in [5, 5.41) is 2.55. The maximum atomic E-state index is 2.55. The minimum Gasteiger partial charge on any atom is -0.340 e. The molecular weight excluding hydrogens is 208 g/mol. The Morgan fingerprint density at radius 1 is 1.18 bits per heavy atom. The highest BCUT2D eigenvalue weighted by Gasteiger charge is 2.20. The Hall–Kier alpha value is -0.860. The van der Waals surface area contributed by atoms with Gasteiger partial charge in [-0.1, -0.05) is 24.3 Å². The SMILES string of the molecule is C[NH+](C)Cc1ccccc1[C@H]1CCCCC[NH2+]1. The van der Waals surface area contributed by atoms with E-state index in [0.29, 0.717) is 6.04 Å². The Balaban J connectivity index is 2.17. The van der Waals surface area contributed by atoms with Gasteiger partial charge in [-0.05, 0) is 19.3 Å². The van der Waals surface area contributed by atoms with Gasteiger partial charge in [-0.2, -0.15) is 0 Å². The summed E-state index contributed by atoms with van der Waals surface area (Å²) in [5.41, 5.74) is 3.12. The van der Waals surface area contributed by atoms with Crippen LogP contribution in [0.25, 0.3) is 0 Å². The first-order chi connectivity index (χ1) is 8.27. The summed E-state index contributed by atoms with van der Waals surface area (Å²) in [7, 11) is 4.46. The monoisotopic (exact) mass is 234 g/mol. The topological polar surface area (TPSA) is 21.1 Å². The molecule has 1 saturated heterocycles. The lowest BCUT2D eigenvalue weighted by atomic mass is 9.96. The normalized spacial score (nSPS) is 21.5. The predicted molar refractivity (Wildman–Crippen MR) is 71.0 cm³/mol. The standard InChI is InChI=1S/C15H24N2/c1-17(2)12-13-8-5-6-9-14(13)15-10-4-3-7-11-16-15/h5-6,8-9,15-16H,3-4,7,10-12H2,1-2H3/p+2/t15-/m1/s1. The highest BCUT2D eigenvalue weighted by atomic mass is 15.0. The van der Waals surface area contributed by atoms with Crippen LogP contribution in [0.1, 0.15) is 42.9 Å². The van der Waals surface area contributed by atoms with Crippen LogP contribution in [0.15, 0.2) is 24.3 Å². The van der Waals surface area contributed by atoms with Gasteiger partial charge < -0.3 is 10.2 Å². The Labute approximate surface area is 105 Å². The van der Waals surface area contributed by atoms with Crippen LogP contribution < -0.4 is 10.2 Å². The first kappa shape index (κ1) is 12.6. The predicted octanol–water partition coefficient (Wildman–Crippen LogP) is 0.510. The van der Waals surface area contributed by atoms with E-state index >= 15 is 0 Å². The summed E-state index contributed by atoms with van der Waals surface area (Å²) in [6, 6.07) is 9.72. The maximum absolute atomic E-state index is 2.55. The van der Waals surface area contributed by atoms with Crippen LogP contribution in [-0.4, -0.2) is 20.6 Å². The average Bonchev–Trinajstić information content (AvgIpc) is 2.57. The fraction of sp³-hybridized carbons (Fsp3) is 0.600. The Morgan fingerprint density at radius 3 is 2.82 bits per heavy atom. The van der Waals surface area contributed by atoms with Crippen molar-refractivity contribution >= 4 is 0 Å². The molecule has 0 unspecified atom stereocenters. The van der Waals surface area contributed by atoms with Crippen molar-refractivity contribution in [1.29, 1.82) is 0 Å². The molecule has 1 aliphatic heterocycles. The summed E-state index contributed by atoms with van der Waals surface area (Å²) in [6.07, 6.45) is 5.54. The third-order valence-electron chi connectivity index (χ3n) is 3.67. The van der Waals surface area contributed by atoms with E-state index in [2.05, 4.69) is 43.7 Å². The number of quaternary nitrogens is 2. The van der Waals surface area contributed by atoms with Crippen LogP contribution in [0.5, 0.6) is 0 Å². The Morgan fingerprint density at radius 2 is 2.00 bits per heavy atom. The molecule has 1 fully saturated rings. The molecular formula is C15H26N2+2. The van der Waals surface area contributed by atoms with Gasteiger partial charge in [0.2, 0.25) is 0 Å². The molecule has 1 aromatic rings. The van der Waals surface area contributed by atoms with Crippen molar-refractivity contribution in [1.82, 2.24) is 0 Å². The quantitative estimate of drug-likeness (QED) is 0.760. The van der Waals surface area contributed by atoms with Crippen molar-refractivity contribution in [3.63, 3.8) is 0 Å². The number of benzene rings is 1. The Bertz CT molecular complexity index is 339. The van der Waals surface area contributed by atoms with Gasteiger partial charge in [0.25, 0.3) is 0 Å². The lowest BCUT2D eigenvalue weighted by Gasteiger charge is -2.18. The molecule has 1 heterocycles. The van der Waals surface area contributed by atoms with Crippen LogP contribution in [0.4, 0.5) is 0 Å². The molecule has 1 aliphatic rings. The largest absolute Gasteiger partial charge is 0.340 e. The van der Waals surface area contributed by atoms with Crippen LogP contribution in [-0.2, 0) is 6.54 Å². The molecule has 2 nitrogen and oxygen atoms in total. The molecule has 0 aliphatic carbocycles. The van der Waals surface area contributed by atoms with Crippen LogP contribution in [0.2, 0.25) is 0 Å². The van der Waals surface area contributed by atoms with Gasteiger partial charge in [0, 0.05) is 17.5 Å². The van der Waals surface area contributed by atoms with E-state index in [1.54, 1.807) is 5.56 Å². The van der Waals surface area contributed by atoms with Crippen molar-refractivity contribution in [3.05, 3.63) is 35.4 Å². The summed E-state index contributed by atoms with van der Waals surface area (Å²) in [6.45, 7) is 2.44. The zero-order valence-electron chi connectivity index (χ0n) is 11.2. The van der Waals surface area contributed by atoms with E-state index in [4.69, 9.17) is 0 Å². The number of nitrogens with one attached hydrogen (secondary N) is 1. The first-order valence-corrected chi connectivity index (χ1v) is 6.97. The highest BCUT2D eigenvalue weighted by molar-refractivity contribution is 5.28. The van der Waals surface area contributed by atoms with Gasteiger partial charge in [-0.3, -0.25) is 0 Å². The van der Waals surface area contributed by atoms with E-state index in [-0.39, 0.29) is 0 Å². The van der Waals surface area contributed by atoms with E-state index in [1.165, 1.54) is 42.7 Å². The van der Waals surface area contributed by atoms with Gasteiger partial charge in [0.1, 0.15) is 12.6 Å². The summed E-state index contributed by atoms with van der Waals surface area (Å²) in [5.74, 6) is 0. The van der Waals surface area contributed by atoms with E-state index in [0.717, 1.165) is 6.54 Å². The Kier molecular flexibility index (Phi) is 4.57. The second-order valence-corrected chi connectivity index (χ2v) is 5.56. The fourth-order valence-corrected chi connectivity index (χ4v) is 2.84. The van der Waals surface area contributed by atoms with E-state index < -0.39 is 0 Å².